The van der Waals surface area contributed by atoms with E-state index >= 15 is 0 Å². The molecule has 1 unspecified atom stereocenters. The van der Waals surface area contributed by atoms with Gasteiger partial charge in [0.05, 0.1) is 0 Å². The highest BCUT2D eigenvalue weighted by molar-refractivity contribution is 5.55. The third-order valence-corrected chi connectivity index (χ3v) is 5.02. The predicted octanol–water partition coefficient (Wildman–Crippen LogP) is 4.09. The summed E-state index contributed by atoms with van der Waals surface area (Å²) in [6.45, 7) is 5.43. The summed E-state index contributed by atoms with van der Waals surface area (Å²) >= 11 is 0. The molecule has 2 aromatic heterocycles. The minimum Gasteiger partial charge on any atom is -0.324 e. The largest absolute Gasteiger partial charge is 0.324 e. The Morgan fingerprint density at radius 1 is 1.08 bits per heavy atom. The van der Waals surface area contributed by atoms with Crippen molar-refractivity contribution in [3.05, 3.63) is 72.3 Å². The van der Waals surface area contributed by atoms with Crippen LogP contribution in [0.5, 0.6) is 0 Å². The predicted molar refractivity (Wildman–Crippen MR) is 100 cm³/mol. The smallest absolute Gasteiger partial charge is 0.140 e. The number of nitrogens with zero attached hydrogens (tertiary/aromatic N) is 4. The quantitative estimate of drug-likeness (QED) is 0.721. The molecule has 0 saturated carbocycles. The van der Waals surface area contributed by atoms with Crippen LogP contribution in [0, 0.1) is 6.92 Å². The number of likely N-dealkylation sites (tertiary alicyclic amines) is 1. The van der Waals surface area contributed by atoms with E-state index < -0.39 is 0 Å². The summed E-state index contributed by atoms with van der Waals surface area (Å²) in [5.74, 6) is 1.06. The molecule has 1 aromatic carbocycles. The van der Waals surface area contributed by atoms with Gasteiger partial charge in [-0.15, -0.1) is 0 Å². The number of benzene rings is 1. The molecule has 0 bridgehead atoms. The molecule has 4 rings (SSSR count). The van der Waals surface area contributed by atoms with Crippen molar-refractivity contribution in [2.45, 2.75) is 32.4 Å². The van der Waals surface area contributed by atoms with Crippen molar-refractivity contribution >= 4 is 0 Å². The van der Waals surface area contributed by atoms with Gasteiger partial charge in [-0.2, -0.15) is 0 Å². The number of aromatic nitrogens is 3. The van der Waals surface area contributed by atoms with Crippen LogP contribution in [0.1, 0.15) is 30.1 Å². The fraction of sp³-hybridized carbons (Fsp3) is 0.333. The van der Waals surface area contributed by atoms with Crippen molar-refractivity contribution < 1.29 is 0 Å². The van der Waals surface area contributed by atoms with Gasteiger partial charge in [0.25, 0.3) is 0 Å². The summed E-state index contributed by atoms with van der Waals surface area (Å²) < 4.78 is 2.42. The van der Waals surface area contributed by atoms with Crippen LogP contribution in [0.15, 0.2) is 61.1 Å². The molecule has 0 radical (unpaired) electrons. The van der Waals surface area contributed by atoms with Crippen LogP contribution in [0.25, 0.3) is 11.4 Å². The maximum Gasteiger partial charge on any atom is 0.140 e. The van der Waals surface area contributed by atoms with Crippen molar-refractivity contribution in [3.63, 3.8) is 0 Å². The lowest BCUT2D eigenvalue weighted by atomic mass is 10.0. The van der Waals surface area contributed by atoms with E-state index in [-0.39, 0.29) is 0 Å². The maximum atomic E-state index is 4.69. The Balaban J connectivity index is 1.57. The molecule has 1 atom stereocenters. The molecular weight excluding hydrogens is 308 g/mol. The van der Waals surface area contributed by atoms with E-state index in [1.165, 1.54) is 30.6 Å². The second kappa shape index (κ2) is 7.19. The van der Waals surface area contributed by atoms with E-state index in [9.17, 15) is 0 Å². The number of hydrogen-bond acceptors (Lipinski definition) is 3. The van der Waals surface area contributed by atoms with Gasteiger partial charge in [0.2, 0.25) is 0 Å². The van der Waals surface area contributed by atoms with Gasteiger partial charge in [-0.05, 0) is 44.0 Å². The fourth-order valence-electron chi connectivity index (χ4n) is 3.85. The maximum absolute atomic E-state index is 4.69. The van der Waals surface area contributed by atoms with E-state index in [0.29, 0.717) is 6.04 Å². The van der Waals surface area contributed by atoms with Gasteiger partial charge < -0.3 is 4.57 Å². The molecule has 0 aliphatic carbocycles. The monoisotopic (exact) mass is 332 g/mol. The van der Waals surface area contributed by atoms with Gasteiger partial charge >= 0.3 is 0 Å². The van der Waals surface area contributed by atoms with E-state index in [4.69, 9.17) is 0 Å². The van der Waals surface area contributed by atoms with E-state index in [2.05, 4.69) is 56.7 Å². The Hall–Kier alpha value is -2.46. The second-order valence-corrected chi connectivity index (χ2v) is 6.85. The highest BCUT2D eigenvalue weighted by Gasteiger charge is 2.24. The van der Waals surface area contributed by atoms with E-state index in [0.717, 1.165) is 24.5 Å². The molecule has 4 nitrogen and oxygen atoms in total. The van der Waals surface area contributed by atoms with Crippen molar-refractivity contribution in [2.75, 3.05) is 13.1 Å². The molecule has 3 heterocycles. The highest BCUT2D eigenvalue weighted by Crippen LogP contribution is 2.29. The summed E-state index contributed by atoms with van der Waals surface area (Å²) in [6.07, 6.45) is 8.11. The number of imidazole rings is 1. The minimum absolute atomic E-state index is 0.475. The van der Waals surface area contributed by atoms with Crippen LogP contribution < -0.4 is 0 Å². The molecule has 4 heteroatoms. The first kappa shape index (κ1) is 16.0. The summed E-state index contributed by atoms with van der Waals surface area (Å²) in [5, 5.41) is 0. The summed E-state index contributed by atoms with van der Waals surface area (Å²) in [5.41, 5.74) is 3.77. The molecule has 0 amide bonds. The lowest BCUT2D eigenvalue weighted by Gasteiger charge is -2.34. The first-order valence-electron chi connectivity index (χ1n) is 9.02. The number of aryl methyl sites for hydroxylation is 1. The van der Waals surface area contributed by atoms with Gasteiger partial charge in [0, 0.05) is 49.0 Å². The summed E-state index contributed by atoms with van der Waals surface area (Å²) in [6, 6.07) is 15.3. The van der Waals surface area contributed by atoms with Gasteiger partial charge in [-0.1, -0.05) is 30.3 Å². The summed E-state index contributed by atoms with van der Waals surface area (Å²) in [4.78, 5) is 11.4. The standard InChI is InChI=1S/C21H24N4/c1-17-14-23-21(19-9-11-22-12-10-19)25(17)20-8-5-13-24(16-20)15-18-6-3-2-4-7-18/h2-4,6-7,9-12,14,20H,5,8,13,15-16H2,1H3. The molecule has 128 valence electrons. The molecule has 1 fully saturated rings. The minimum atomic E-state index is 0.475. The zero-order chi connectivity index (χ0) is 17.1. The second-order valence-electron chi connectivity index (χ2n) is 6.85. The molecule has 0 spiro atoms. The Bertz CT molecular complexity index is 810. The Morgan fingerprint density at radius 3 is 2.68 bits per heavy atom. The van der Waals surface area contributed by atoms with Gasteiger partial charge in [0.1, 0.15) is 5.82 Å². The average Bonchev–Trinajstić information content (AvgIpc) is 3.05. The normalized spacial score (nSPS) is 18.4. The number of rotatable bonds is 4. The molecule has 25 heavy (non-hydrogen) atoms. The average molecular weight is 332 g/mol. The van der Waals surface area contributed by atoms with Gasteiger partial charge in [0.15, 0.2) is 0 Å². The third kappa shape index (κ3) is 3.49. The van der Waals surface area contributed by atoms with Crippen molar-refractivity contribution in [1.82, 2.24) is 19.4 Å². The number of pyridine rings is 1. The first-order valence-corrected chi connectivity index (χ1v) is 9.02. The lowest BCUT2D eigenvalue weighted by molar-refractivity contribution is 0.170. The van der Waals surface area contributed by atoms with Crippen molar-refractivity contribution in [1.29, 1.82) is 0 Å². The van der Waals surface area contributed by atoms with Crippen molar-refractivity contribution in [2.24, 2.45) is 0 Å². The summed E-state index contributed by atoms with van der Waals surface area (Å²) in [7, 11) is 0. The number of hydrogen-bond donors (Lipinski definition) is 0. The van der Waals surface area contributed by atoms with Crippen LogP contribution in [-0.4, -0.2) is 32.5 Å². The van der Waals surface area contributed by atoms with Crippen LogP contribution >= 0.6 is 0 Å². The Kier molecular flexibility index (Phi) is 4.61. The van der Waals surface area contributed by atoms with Crippen LogP contribution in [-0.2, 0) is 6.54 Å². The first-order chi connectivity index (χ1) is 12.3. The SMILES string of the molecule is Cc1cnc(-c2ccncc2)n1C1CCCN(Cc2ccccc2)C1. The Labute approximate surface area is 149 Å². The molecule has 1 saturated heterocycles. The lowest BCUT2D eigenvalue weighted by Crippen LogP contribution is -2.36. The molecule has 3 aromatic rings. The fourth-order valence-corrected chi connectivity index (χ4v) is 3.85. The zero-order valence-corrected chi connectivity index (χ0v) is 14.7. The van der Waals surface area contributed by atoms with Gasteiger partial charge in [-0.25, -0.2) is 4.98 Å². The highest BCUT2D eigenvalue weighted by atomic mass is 15.2. The van der Waals surface area contributed by atoms with Gasteiger partial charge in [-0.3, -0.25) is 9.88 Å². The number of piperidine rings is 1. The molecule has 1 aliphatic heterocycles. The molecule has 0 N–H and O–H groups in total. The molecular formula is C21H24N4. The topological polar surface area (TPSA) is 34.0 Å². The van der Waals surface area contributed by atoms with E-state index in [1.807, 2.05) is 30.7 Å². The van der Waals surface area contributed by atoms with Crippen molar-refractivity contribution in [3.8, 4) is 11.4 Å². The zero-order valence-electron chi connectivity index (χ0n) is 14.7. The molecule has 1 aliphatic rings. The van der Waals surface area contributed by atoms with Crippen LogP contribution in [0.4, 0.5) is 0 Å². The third-order valence-electron chi connectivity index (χ3n) is 5.02. The van der Waals surface area contributed by atoms with Crippen LogP contribution in [0.2, 0.25) is 0 Å². The van der Waals surface area contributed by atoms with E-state index in [1.54, 1.807) is 0 Å². The van der Waals surface area contributed by atoms with Crippen LogP contribution in [0.3, 0.4) is 0 Å². The Morgan fingerprint density at radius 2 is 1.88 bits per heavy atom.